The summed E-state index contributed by atoms with van der Waals surface area (Å²) in [6, 6.07) is 12.3. The number of sulfone groups is 1. The van der Waals surface area contributed by atoms with E-state index in [9.17, 15) is 8.42 Å². The number of hydrogen-bond donors (Lipinski definition) is 3. The maximum atomic E-state index is 11.8. The van der Waals surface area contributed by atoms with Gasteiger partial charge in [0.05, 0.1) is 10.4 Å². The van der Waals surface area contributed by atoms with Gasteiger partial charge in [-0.1, -0.05) is 6.07 Å². The predicted octanol–water partition coefficient (Wildman–Crippen LogP) is 3.26. The molecule has 0 saturated heterocycles. The molecule has 3 N–H and O–H groups in total. The first-order valence-corrected chi connectivity index (χ1v) is 10.7. The standard InChI is InChI=1S/C19H19N7O2S/c1-11-16-8-7-14(10-17(16)26-25-11)23-19-21-12(2)20-18(24-19)22-13-5-4-6-15(9-13)29(3,27)28/h4-10H,1-3H3,(H,25,26)(H2,20,21,22,23,24). The van der Waals surface area contributed by atoms with Crippen molar-refractivity contribution in [2.45, 2.75) is 18.7 Å². The average Bonchev–Trinajstić information content (AvgIpc) is 3.01. The minimum Gasteiger partial charge on any atom is -0.324 e. The molecule has 148 valence electrons. The highest BCUT2D eigenvalue weighted by Crippen LogP contribution is 2.23. The van der Waals surface area contributed by atoms with Crippen molar-refractivity contribution in [3.63, 3.8) is 0 Å². The van der Waals surface area contributed by atoms with E-state index in [4.69, 9.17) is 0 Å². The lowest BCUT2D eigenvalue weighted by atomic mass is 10.2. The van der Waals surface area contributed by atoms with Gasteiger partial charge in [0.1, 0.15) is 5.82 Å². The number of nitrogens with zero attached hydrogens (tertiary/aromatic N) is 4. The number of aromatic amines is 1. The van der Waals surface area contributed by atoms with Crippen LogP contribution in [0.4, 0.5) is 23.3 Å². The summed E-state index contributed by atoms with van der Waals surface area (Å²) in [5.41, 5.74) is 3.21. The average molecular weight is 409 g/mol. The summed E-state index contributed by atoms with van der Waals surface area (Å²) in [5, 5.41) is 14.5. The minimum absolute atomic E-state index is 0.217. The fourth-order valence-electron chi connectivity index (χ4n) is 2.88. The molecule has 0 bridgehead atoms. The van der Waals surface area contributed by atoms with Crippen molar-refractivity contribution in [2.75, 3.05) is 16.9 Å². The molecule has 0 amide bonds. The van der Waals surface area contributed by atoms with Crippen LogP contribution in [-0.2, 0) is 9.84 Å². The van der Waals surface area contributed by atoms with Crippen LogP contribution in [0.5, 0.6) is 0 Å². The molecule has 0 aliphatic carbocycles. The van der Waals surface area contributed by atoms with Crippen molar-refractivity contribution >= 4 is 44.0 Å². The second-order valence-corrected chi connectivity index (χ2v) is 8.68. The van der Waals surface area contributed by atoms with E-state index in [0.717, 1.165) is 22.3 Å². The third-order valence-corrected chi connectivity index (χ3v) is 5.38. The van der Waals surface area contributed by atoms with Gasteiger partial charge in [0.15, 0.2) is 9.84 Å². The molecule has 0 atom stereocenters. The molecule has 2 heterocycles. The molecule has 2 aromatic heterocycles. The lowest BCUT2D eigenvalue weighted by Crippen LogP contribution is -2.06. The number of anilines is 4. The first-order valence-electron chi connectivity index (χ1n) is 8.79. The molecule has 29 heavy (non-hydrogen) atoms. The van der Waals surface area contributed by atoms with Crippen LogP contribution in [0.15, 0.2) is 47.4 Å². The van der Waals surface area contributed by atoms with E-state index in [1.165, 1.54) is 12.3 Å². The summed E-state index contributed by atoms with van der Waals surface area (Å²) in [6.07, 6.45) is 1.17. The quantitative estimate of drug-likeness (QED) is 0.459. The molecule has 10 heteroatoms. The number of benzene rings is 2. The van der Waals surface area contributed by atoms with Crippen LogP contribution in [0.3, 0.4) is 0 Å². The van der Waals surface area contributed by atoms with E-state index < -0.39 is 9.84 Å². The Balaban J connectivity index is 1.60. The molecular weight excluding hydrogens is 390 g/mol. The highest BCUT2D eigenvalue weighted by molar-refractivity contribution is 7.90. The van der Waals surface area contributed by atoms with Crippen LogP contribution in [0.1, 0.15) is 11.5 Å². The van der Waals surface area contributed by atoms with Gasteiger partial charge in [-0.05, 0) is 50.2 Å². The van der Waals surface area contributed by atoms with E-state index in [0.29, 0.717) is 23.4 Å². The van der Waals surface area contributed by atoms with Gasteiger partial charge >= 0.3 is 0 Å². The highest BCUT2D eigenvalue weighted by Gasteiger charge is 2.10. The lowest BCUT2D eigenvalue weighted by molar-refractivity contribution is 0.602. The van der Waals surface area contributed by atoms with E-state index >= 15 is 0 Å². The molecule has 0 fully saturated rings. The Morgan fingerprint density at radius 2 is 1.59 bits per heavy atom. The van der Waals surface area contributed by atoms with Crippen LogP contribution in [0, 0.1) is 13.8 Å². The summed E-state index contributed by atoms with van der Waals surface area (Å²) >= 11 is 0. The van der Waals surface area contributed by atoms with Gasteiger partial charge in [0.2, 0.25) is 11.9 Å². The van der Waals surface area contributed by atoms with E-state index in [2.05, 4.69) is 35.8 Å². The third kappa shape index (κ3) is 4.16. The second kappa shape index (κ2) is 7.13. The molecule has 9 nitrogen and oxygen atoms in total. The number of H-pyrrole nitrogens is 1. The molecule has 0 aliphatic heterocycles. The number of hydrogen-bond acceptors (Lipinski definition) is 8. The molecule has 2 aromatic carbocycles. The highest BCUT2D eigenvalue weighted by atomic mass is 32.2. The Morgan fingerprint density at radius 3 is 2.28 bits per heavy atom. The van der Waals surface area contributed by atoms with Gasteiger partial charge in [-0.15, -0.1) is 0 Å². The van der Waals surface area contributed by atoms with Crippen LogP contribution >= 0.6 is 0 Å². The zero-order valence-electron chi connectivity index (χ0n) is 16.1. The molecule has 0 saturated carbocycles. The SMILES string of the molecule is Cc1nc(Nc2cccc(S(C)(=O)=O)c2)nc(Nc2ccc3c(C)[nH]nc3c2)n1. The maximum Gasteiger partial charge on any atom is 0.232 e. The van der Waals surface area contributed by atoms with Gasteiger partial charge in [0.25, 0.3) is 0 Å². The Morgan fingerprint density at radius 1 is 0.897 bits per heavy atom. The van der Waals surface area contributed by atoms with Gasteiger partial charge in [-0.25, -0.2) is 8.42 Å². The van der Waals surface area contributed by atoms with Crippen LogP contribution < -0.4 is 10.6 Å². The zero-order valence-corrected chi connectivity index (χ0v) is 16.9. The van der Waals surface area contributed by atoms with Gasteiger partial charge in [-0.3, -0.25) is 5.10 Å². The largest absolute Gasteiger partial charge is 0.324 e. The van der Waals surface area contributed by atoms with Crippen molar-refractivity contribution in [1.29, 1.82) is 0 Å². The number of rotatable bonds is 5. The number of aryl methyl sites for hydroxylation is 2. The number of nitrogens with one attached hydrogen (secondary N) is 3. The summed E-state index contributed by atoms with van der Waals surface area (Å²) < 4.78 is 23.5. The van der Waals surface area contributed by atoms with E-state index in [1.54, 1.807) is 25.1 Å². The summed E-state index contributed by atoms with van der Waals surface area (Å²) in [5.74, 6) is 1.19. The monoisotopic (exact) mass is 409 g/mol. The van der Waals surface area contributed by atoms with Crippen molar-refractivity contribution in [3.05, 3.63) is 54.0 Å². The van der Waals surface area contributed by atoms with E-state index in [1.807, 2.05) is 25.1 Å². The molecule has 0 unspecified atom stereocenters. The first-order chi connectivity index (χ1) is 13.8. The third-order valence-electron chi connectivity index (χ3n) is 4.27. The maximum absolute atomic E-state index is 11.8. The summed E-state index contributed by atoms with van der Waals surface area (Å²) in [4.78, 5) is 13.2. The van der Waals surface area contributed by atoms with Crippen LogP contribution in [0.25, 0.3) is 10.9 Å². The summed E-state index contributed by atoms with van der Waals surface area (Å²) in [7, 11) is -3.30. The lowest BCUT2D eigenvalue weighted by Gasteiger charge is -2.10. The predicted molar refractivity (Wildman–Crippen MR) is 112 cm³/mol. The normalized spacial score (nSPS) is 11.6. The molecule has 4 rings (SSSR count). The van der Waals surface area contributed by atoms with Gasteiger partial charge < -0.3 is 10.6 Å². The van der Waals surface area contributed by atoms with Crippen molar-refractivity contribution in [3.8, 4) is 0 Å². The van der Waals surface area contributed by atoms with Crippen molar-refractivity contribution < 1.29 is 8.42 Å². The zero-order chi connectivity index (χ0) is 20.6. The summed E-state index contributed by atoms with van der Waals surface area (Å²) in [6.45, 7) is 3.72. The molecule has 0 aliphatic rings. The fourth-order valence-corrected chi connectivity index (χ4v) is 3.55. The molecular formula is C19H19N7O2S. The second-order valence-electron chi connectivity index (χ2n) is 6.66. The van der Waals surface area contributed by atoms with Gasteiger partial charge in [0, 0.05) is 28.7 Å². The van der Waals surface area contributed by atoms with Crippen molar-refractivity contribution in [1.82, 2.24) is 25.1 Å². The Labute approximate surface area is 167 Å². The van der Waals surface area contributed by atoms with Crippen molar-refractivity contribution in [2.24, 2.45) is 0 Å². The molecule has 0 spiro atoms. The van der Waals surface area contributed by atoms with E-state index in [-0.39, 0.29) is 4.90 Å². The minimum atomic E-state index is -3.30. The molecule has 0 radical (unpaired) electrons. The topological polar surface area (TPSA) is 126 Å². The number of aromatic nitrogens is 5. The Bertz CT molecular complexity index is 1320. The van der Waals surface area contributed by atoms with Crippen LogP contribution in [0.2, 0.25) is 0 Å². The fraction of sp³-hybridized carbons (Fsp3) is 0.158. The van der Waals surface area contributed by atoms with Crippen LogP contribution in [-0.4, -0.2) is 39.8 Å². The van der Waals surface area contributed by atoms with Gasteiger partial charge in [-0.2, -0.15) is 20.1 Å². The molecule has 4 aromatic rings. The smallest absolute Gasteiger partial charge is 0.232 e. The Hall–Kier alpha value is -3.53. The first kappa shape index (κ1) is 18.8. The Kier molecular flexibility index (Phi) is 4.63. The number of fused-ring (bicyclic) bond motifs is 1.